The quantitative estimate of drug-likeness (QED) is 0.326. The first-order chi connectivity index (χ1) is 13.2. The Hall–Kier alpha value is -2.75. The Labute approximate surface area is 164 Å². The number of hydrogen-bond acceptors (Lipinski definition) is 5. The Balaban J connectivity index is 1.56. The average Bonchev–Trinajstić information content (AvgIpc) is 3.25. The van der Waals surface area contributed by atoms with Crippen molar-refractivity contribution >= 4 is 51.1 Å². The molecule has 0 radical (unpaired) electrons. The third kappa shape index (κ3) is 3.57. The second-order valence-corrected chi connectivity index (χ2v) is 7.33. The maximum atomic E-state index is 12.8. The van der Waals surface area contributed by atoms with Crippen LogP contribution in [0.25, 0.3) is 22.0 Å². The van der Waals surface area contributed by atoms with Gasteiger partial charge in [-0.3, -0.25) is 4.79 Å². The molecule has 0 unspecified atom stereocenters. The number of fused-ring (bicyclic) bond motifs is 2. The predicted octanol–water partition coefficient (Wildman–Crippen LogP) is 5.32. The van der Waals surface area contributed by atoms with E-state index in [1.165, 1.54) is 11.8 Å². The summed E-state index contributed by atoms with van der Waals surface area (Å²) in [6, 6.07) is 15.1. The van der Waals surface area contributed by atoms with Gasteiger partial charge in [0.25, 0.3) is 5.22 Å². The lowest BCUT2D eigenvalue weighted by atomic mass is 10.1. The first-order valence-corrected chi connectivity index (χ1v) is 9.69. The average molecular weight is 396 g/mol. The minimum absolute atomic E-state index is 0.00723. The van der Waals surface area contributed by atoms with Crippen LogP contribution in [0, 0.1) is 11.3 Å². The number of carbonyl (C=O) groups excluding carboxylic acids is 1. The van der Waals surface area contributed by atoms with Crippen LogP contribution >= 0.6 is 23.4 Å². The van der Waals surface area contributed by atoms with Crippen LogP contribution in [-0.4, -0.2) is 21.1 Å². The Bertz CT molecular complexity index is 1190. The molecular weight excluding hydrogens is 382 g/mol. The van der Waals surface area contributed by atoms with Crippen LogP contribution in [-0.2, 0) is 6.54 Å². The van der Waals surface area contributed by atoms with Crippen LogP contribution in [0.1, 0.15) is 16.8 Å². The number of aromatic nitrogens is 2. The van der Waals surface area contributed by atoms with Gasteiger partial charge in [-0.1, -0.05) is 41.6 Å². The van der Waals surface area contributed by atoms with Crippen LogP contribution in [0.4, 0.5) is 0 Å². The molecule has 5 nitrogen and oxygen atoms in total. The highest BCUT2D eigenvalue weighted by molar-refractivity contribution is 7.99. The lowest BCUT2D eigenvalue weighted by molar-refractivity contribution is 0.102. The number of Topliss-reactive ketones (excluding diaryl/α,β-unsaturated/α-hetero) is 1. The molecule has 0 spiro atoms. The van der Waals surface area contributed by atoms with Crippen molar-refractivity contribution in [2.75, 3.05) is 5.75 Å². The van der Waals surface area contributed by atoms with Crippen LogP contribution in [0.5, 0.6) is 0 Å². The highest BCUT2D eigenvalue weighted by atomic mass is 35.5. The van der Waals surface area contributed by atoms with Crippen molar-refractivity contribution in [3.05, 3.63) is 59.2 Å². The summed E-state index contributed by atoms with van der Waals surface area (Å²) in [5.41, 5.74) is 2.92. The molecule has 7 heteroatoms. The largest absolute Gasteiger partial charge is 0.431 e. The molecule has 0 aliphatic carbocycles. The highest BCUT2D eigenvalue weighted by Crippen LogP contribution is 2.28. The van der Waals surface area contributed by atoms with Gasteiger partial charge in [-0.25, -0.2) is 4.98 Å². The molecule has 0 N–H and O–H groups in total. The second kappa shape index (κ2) is 7.47. The van der Waals surface area contributed by atoms with Crippen molar-refractivity contribution in [3.63, 3.8) is 0 Å². The van der Waals surface area contributed by atoms with Crippen molar-refractivity contribution < 1.29 is 9.21 Å². The molecule has 134 valence electrons. The van der Waals surface area contributed by atoms with Gasteiger partial charge < -0.3 is 8.98 Å². The number of nitrogens with zero attached hydrogens (tertiary/aromatic N) is 3. The zero-order chi connectivity index (χ0) is 18.8. The first-order valence-electron chi connectivity index (χ1n) is 8.32. The fourth-order valence-corrected chi connectivity index (χ4v) is 3.85. The number of nitriles is 1. The standard InChI is InChI=1S/C20H14ClN3O2S/c21-13-6-7-16-19(10-13)26-20(23-16)27-12-18(25)15-11-24(9-3-8-22)17-5-2-1-4-14(15)17/h1-2,4-7,10-11H,3,9,12H2. The smallest absolute Gasteiger partial charge is 0.257 e. The summed E-state index contributed by atoms with van der Waals surface area (Å²) in [5.74, 6) is 0.208. The fraction of sp³-hybridized carbons (Fsp3) is 0.150. The summed E-state index contributed by atoms with van der Waals surface area (Å²) in [5, 5.41) is 10.8. The van der Waals surface area contributed by atoms with Crippen LogP contribution < -0.4 is 0 Å². The Morgan fingerprint density at radius 1 is 1.30 bits per heavy atom. The van der Waals surface area contributed by atoms with E-state index in [-0.39, 0.29) is 11.5 Å². The molecule has 0 aliphatic rings. The minimum atomic E-state index is -0.00723. The maximum Gasteiger partial charge on any atom is 0.257 e. The van der Waals surface area contributed by atoms with E-state index < -0.39 is 0 Å². The van der Waals surface area contributed by atoms with E-state index in [4.69, 9.17) is 21.3 Å². The van der Waals surface area contributed by atoms with Gasteiger partial charge in [0.1, 0.15) is 5.52 Å². The van der Waals surface area contributed by atoms with E-state index in [1.54, 1.807) is 18.2 Å². The number of para-hydroxylation sites is 1. The topological polar surface area (TPSA) is 71.8 Å². The van der Waals surface area contributed by atoms with Gasteiger partial charge in [0, 0.05) is 40.3 Å². The SMILES string of the molecule is N#CCCn1cc(C(=O)CSc2nc3ccc(Cl)cc3o2)c2ccccc21. The summed E-state index contributed by atoms with van der Waals surface area (Å²) in [7, 11) is 0. The number of oxazole rings is 1. The second-order valence-electron chi connectivity index (χ2n) is 5.97. The van der Waals surface area contributed by atoms with Crippen molar-refractivity contribution in [1.29, 1.82) is 5.26 Å². The number of thioether (sulfide) groups is 1. The Morgan fingerprint density at radius 3 is 3.00 bits per heavy atom. The summed E-state index contributed by atoms with van der Waals surface area (Å²) >= 11 is 7.22. The normalized spacial score (nSPS) is 11.1. The molecule has 4 rings (SSSR count). The number of halogens is 1. The van der Waals surface area contributed by atoms with Crippen molar-refractivity contribution in [2.45, 2.75) is 18.2 Å². The molecule has 0 saturated heterocycles. The number of aryl methyl sites for hydroxylation is 1. The fourth-order valence-electron chi connectivity index (χ4n) is 2.97. The van der Waals surface area contributed by atoms with E-state index >= 15 is 0 Å². The zero-order valence-corrected chi connectivity index (χ0v) is 15.8. The van der Waals surface area contributed by atoms with Gasteiger partial charge in [-0.05, 0) is 18.2 Å². The van der Waals surface area contributed by atoms with Gasteiger partial charge in [-0.15, -0.1) is 0 Å². The summed E-state index contributed by atoms with van der Waals surface area (Å²) in [4.78, 5) is 17.2. The number of ketones is 1. The third-order valence-corrected chi connectivity index (χ3v) is 5.27. The first kappa shape index (κ1) is 17.7. The van der Waals surface area contributed by atoms with Crippen LogP contribution in [0.3, 0.4) is 0 Å². The van der Waals surface area contributed by atoms with Crippen LogP contribution in [0.15, 0.2) is 58.3 Å². The lowest BCUT2D eigenvalue weighted by Crippen LogP contribution is -2.02. The number of rotatable bonds is 6. The molecule has 0 aliphatic heterocycles. The third-order valence-electron chi connectivity index (χ3n) is 4.21. The van der Waals surface area contributed by atoms with E-state index in [9.17, 15) is 4.79 Å². The molecule has 2 heterocycles. The molecule has 27 heavy (non-hydrogen) atoms. The highest BCUT2D eigenvalue weighted by Gasteiger charge is 2.16. The van der Waals surface area contributed by atoms with Crippen molar-refractivity contribution in [3.8, 4) is 6.07 Å². The minimum Gasteiger partial charge on any atom is -0.431 e. The number of hydrogen-bond donors (Lipinski definition) is 0. The number of carbonyl (C=O) groups is 1. The molecule has 2 aromatic carbocycles. The van der Waals surface area contributed by atoms with Crippen molar-refractivity contribution in [2.24, 2.45) is 0 Å². The molecule has 2 aromatic heterocycles. The van der Waals surface area contributed by atoms with Crippen LogP contribution in [0.2, 0.25) is 5.02 Å². The summed E-state index contributed by atoms with van der Waals surface area (Å²) in [6.45, 7) is 0.559. The predicted molar refractivity (Wildman–Crippen MR) is 106 cm³/mol. The van der Waals surface area contributed by atoms with Gasteiger partial charge in [0.2, 0.25) is 0 Å². The maximum absolute atomic E-state index is 12.8. The van der Waals surface area contributed by atoms with Gasteiger partial charge in [-0.2, -0.15) is 5.26 Å². The van der Waals surface area contributed by atoms with Gasteiger partial charge in [0.15, 0.2) is 11.4 Å². The van der Waals surface area contributed by atoms with Gasteiger partial charge >= 0.3 is 0 Å². The van der Waals surface area contributed by atoms with E-state index in [0.29, 0.717) is 39.9 Å². The van der Waals surface area contributed by atoms with E-state index in [0.717, 1.165) is 10.9 Å². The van der Waals surface area contributed by atoms with Gasteiger partial charge in [0.05, 0.1) is 18.2 Å². The summed E-state index contributed by atoms with van der Waals surface area (Å²) in [6.07, 6.45) is 2.23. The lowest BCUT2D eigenvalue weighted by Gasteiger charge is -2.00. The molecule has 0 bridgehead atoms. The number of benzene rings is 2. The molecular formula is C20H14ClN3O2S. The van der Waals surface area contributed by atoms with E-state index in [2.05, 4.69) is 11.1 Å². The summed E-state index contributed by atoms with van der Waals surface area (Å²) < 4.78 is 7.61. The molecule has 0 fully saturated rings. The molecule has 0 atom stereocenters. The molecule has 0 saturated carbocycles. The zero-order valence-electron chi connectivity index (χ0n) is 14.2. The Morgan fingerprint density at radius 2 is 2.15 bits per heavy atom. The molecule has 0 amide bonds. The van der Waals surface area contributed by atoms with Crippen molar-refractivity contribution in [1.82, 2.24) is 9.55 Å². The molecule has 4 aromatic rings. The Kier molecular flexibility index (Phi) is 4.88. The monoisotopic (exact) mass is 395 g/mol. The van der Waals surface area contributed by atoms with E-state index in [1.807, 2.05) is 35.0 Å².